The molecule has 2 rings (SSSR count). The molecule has 18 heavy (non-hydrogen) atoms. The molecule has 4 nitrogen and oxygen atoms in total. The van der Waals surface area contributed by atoms with Crippen molar-refractivity contribution in [1.82, 2.24) is 4.57 Å². The number of aromatic nitrogens is 1. The van der Waals surface area contributed by atoms with E-state index in [0.29, 0.717) is 12.3 Å². The Morgan fingerprint density at radius 2 is 1.83 bits per heavy atom. The maximum Gasteiger partial charge on any atom is 0.181 e. The molecule has 1 aromatic heterocycles. The van der Waals surface area contributed by atoms with Crippen molar-refractivity contribution in [1.29, 1.82) is 0 Å². The van der Waals surface area contributed by atoms with Crippen molar-refractivity contribution in [3.05, 3.63) is 59.0 Å². The van der Waals surface area contributed by atoms with Gasteiger partial charge in [0.1, 0.15) is 5.75 Å². The maximum absolute atomic E-state index is 10.9. The van der Waals surface area contributed by atoms with Crippen molar-refractivity contribution in [3.8, 4) is 5.75 Å². The summed E-state index contributed by atoms with van der Waals surface area (Å²) in [5.74, 6) is 0.720. The van der Waals surface area contributed by atoms with Crippen LogP contribution in [0.4, 0.5) is 5.69 Å². The Morgan fingerprint density at radius 3 is 2.56 bits per heavy atom. The summed E-state index contributed by atoms with van der Waals surface area (Å²) in [6.07, 6.45) is 4.41. The third kappa shape index (κ3) is 3.38. The van der Waals surface area contributed by atoms with Gasteiger partial charge < -0.3 is 15.0 Å². The Bertz CT molecular complexity index is 543. The van der Waals surface area contributed by atoms with Crippen LogP contribution in [0.3, 0.4) is 0 Å². The minimum atomic E-state index is 0.0274. The zero-order valence-electron chi connectivity index (χ0n) is 10.1. The third-order valence-corrected chi connectivity index (χ3v) is 2.60. The van der Waals surface area contributed by atoms with Gasteiger partial charge >= 0.3 is 0 Å². The van der Waals surface area contributed by atoms with Gasteiger partial charge in [-0.25, -0.2) is 0 Å². The molecule has 0 saturated carbocycles. The average Bonchev–Trinajstić information content (AvgIpc) is 2.39. The average molecular weight is 244 g/mol. The lowest BCUT2D eigenvalue weighted by atomic mass is 10.3. The van der Waals surface area contributed by atoms with Crippen LogP contribution in [-0.2, 0) is 6.54 Å². The Hall–Kier alpha value is -2.23. The molecule has 2 N–H and O–H groups in total. The number of para-hydroxylation sites is 2. The van der Waals surface area contributed by atoms with Crippen molar-refractivity contribution in [2.75, 3.05) is 12.3 Å². The number of nitrogen functional groups attached to an aromatic ring is 1. The molecule has 0 atom stereocenters. The smallest absolute Gasteiger partial charge is 0.181 e. The standard InChI is InChI=1S/C14H16N2O2/c15-13-4-1-2-5-14(13)18-11-3-8-16-9-6-12(17)7-10-16/h1-2,4-7,9-10H,3,8,11,15H2. The predicted octanol–water partition coefficient (Wildman–Crippen LogP) is 1.90. The molecule has 94 valence electrons. The van der Waals surface area contributed by atoms with E-state index in [1.165, 1.54) is 0 Å². The van der Waals surface area contributed by atoms with Gasteiger partial charge in [0.25, 0.3) is 0 Å². The van der Waals surface area contributed by atoms with Crippen LogP contribution in [0.5, 0.6) is 5.75 Å². The van der Waals surface area contributed by atoms with Crippen LogP contribution in [0.25, 0.3) is 0 Å². The minimum Gasteiger partial charge on any atom is -0.491 e. The SMILES string of the molecule is Nc1ccccc1OCCCn1ccc(=O)cc1. The Morgan fingerprint density at radius 1 is 1.11 bits per heavy atom. The van der Waals surface area contributed by atoms with E-state index < -0.39 is 0 Å². The van der Waals surface area contributed by atoms with Gasteiger partial charge in [-0.1, -0.05) is 12.1 Å². The molecule has 0 aliphatic carbocycles. The molecule has 0 unspecified atom stereocenters. The van der Waals surface area contributed by atoms with Gasteiger partial charge in [-0.3, -0.25) is 4.79 Å². The number of hydrogen-bond acceptors (Lipinski definition) is 3. The summed E-state index contributed by atoms with van der Waals surface area (Å²) in [5.41, 5.74) is 6.45. The molecule has 0 saturated heterocycles. The maximum atomic E-state index is 10.9. The van der Waals surface area contributed by atoms with Crippen molar-refractivity contribution in [2.24, 2.45) is 0 Å². The predicted molar refractivity (Wildman–Crippen MR) is 71.7 cm³/mol. The lowest BCUT2D eigenvalue weighted by molar-refractivity contribution is 0.303. The molecule has 1 aromatic carbocycles. The molecule has 0 aliphatic heterocycles. The number of pyridine rings is 1. The van der Waals surface area contributed by atoms with Crippen LogP contribution < -0.4 is 15.9 Å². The topological polar surface area (TPSA) is 57.2 Å². The van der Waals surface area contributed by atoms with E-state index in [2.05, 4.69) is 0 Å². The zero-order chi connectivity index (χ0) is 12.8. The molecule has 4 heteroatoms. The summed E-state index contributed by atoms with van der Waals surface area (Å²) in [5, 5.41) is 0. The van der Waals surface area contributed by atoms with E-state index in [9.17, 15) is 4.79 Å². The summed E-state index contributed by atoms with van der Waals surface area (Å²) >= 11 is 0. The Labute approximate surface area is 106 Å². The molecule has 0 spiro atoms. The molecular formula is C14H16N2O2. The highest BCUT2D eigenvalue weighted by molar-refractivity contribution is 5.51. The number of benzene rings is 1. The molecular weight excluding hydrogens is 228 g/mol. The number of anilines is 1. The van der Waals surface area contributed by atoms with Crippen LogP contribution in [0.15, 0.2) is 53.6 Å². The van der Waals surface area contributed by atoms with Gasteiger partial charge in [0.05, 0.1) is 12.3 Å². The summed E-state index contributed by atoms with van der Waals surface area (Å²) in [4.78, 5) is 10.9. The van der Waals surface area contributed by atoms with Gasteiger partial charge in [0, 0.05) is 31.1 Å². The fourth-order valence-corrected chi connectivity index (χ4v) is 1.63. The van der Waals surface area contributed by atoms with Gasteiger partial charge in [0.2, 0.25) is 0 Å². The Kier molecular flexibility index (Phi) is 4.02. The van der Waals surface area contributed by atoms with Crippen molar-refractivity contribution < 1.29 is 4.74 Å². The van der Waals surface area contributed by atoms with Gasteiger partial charge in [0.15, 0.2) is 5.43 Å². The molecule has 0 fully saturated rings. The van der Waals surface area contributed by atoms with Gasteiger partial charge in [-0.05, 0) is 18.6 Å². The number of rotatable bonds is 5. The quantitative estimate of drug-likeness (QED) is 0.645. The van der Waals surface area contributed by atoms with Crippen LogP contribution in [0.1, 0.15) is 6.42 Å². The van der Waals surface area contributed by atoms with Crippen LogP contribution in [0, 0.1) is 0 Å². The molecule has 0 bridgehead atoms. The fraction of sp³-hybridized carbons (Fsp3) is 0.214. The van der Waals surface area contributed by atoms with Crippen LogP contribution in [0.2, 0.25) is 0 Å². The highest BCUT2D eigenvalue weighted by Crippen LogP contribution is 2.19. The fourth-order valence-electron chi connectivity index (χ4n) is 1.63. The molecule has 0 aliphatic rings. The first kappa shape index (κ1) is 12.2. The first-order valence-electron chi connectivity index (χ1n) is 5.89. The highest BCUT2D eigenvalue weighted by Gasteiger charge is 1.97. The Balaban J connectivity index is 1.78. The van der Waals surface area contributed by atoms with Crippen molar-refractivity contribution in [3.63, 3.8) is 0 Å². The van der Waals surface area contributed by atoms with Crippen molar-refractivity contribution >= 4 is 5.69 Å². The second-order valence-electron chi connectivity index (χ2n) is 4.01. The second-order valence-corrected chi connectivity index (χ2v) is 4.01. The van der Waals surface area contributed by atoms with E-state index in [4.69, 9.17) is 10.5 Å². The highest BCUT2D eigenvalue weighted by atomic mass is 16.5. The monoisotopic (exact) mass is 244 g/mol. The van der Waals surface area contributed by atoms with E-state index >= 15 is 0 Å². The van der Waals surface area contributed by atoms with Crippen LogP contribution >= 0.6 is 0 Å². The first-order chi connectivity index (χ1) is 8.75. The molecule has 0 radical (unpaired) electrons. The largest absolute Gasteiger partial charge is 0.491 e. The molecule has 0 amide bonds. The summed E-state index contributed by atoms with van der Waals surface area (Å²) in [6.45, 7) is 1.41. The van der Waals surface area contributed by atoms with E-state index in [0.717, 1.165) is 18.7 Å². The van der Waals surface area contributed by atoms with Gasteiger partial charge in [-0.2, -0.15) is 0 Å². The number of ether oxygens (including phenoxy) is 1. The first-order valence-corrected chi connectivity index (χ1v) is 5.89. The summed E-state index contributed by atoms with van der Waals surface area (Å²) in [7, 11) is 0. The van der Waals surface area contributed by atoms with E-state index in [1.54, 1.807) is 24.5 Å². The van der Waals surface area contributed by atoms with E-state index in [1.807, 2.05) is 28.8 Å². The number of hydrogen-bond donors (Lipinski definition) is 1. The lowest BCUT2D eigenvalue weighted by Crippen LogP contribution is -2.07. The summed E-state index contributed by atoms with van der Waals surface area (Å²) < 4.78 is 7.54. The van der Waals surface area contributed by atoms with Gasteiger partial charge in [-0.15, -0.1) is 0 Å². The number of nitrogens with zero attached hydrogens (tertiary/aromatic N) is 1. The molecule has 1 heterocycles. The number of nitrogens with two attached hydrogens (primary N) is 1. The molecule has 2 aromatic rings. The zero-order valence-corrected chi connectivity index (χ0v) is 10.1. The normalized spacial score (nSPS) is 10.2. The second kappa shape index (κ2) is 5.91. The minimum absolute atomic E-state index is 0.0274. The van der Waals surface area contributed by atoms with Crippen LogP contribution in [-0.4, -0.2) is 11.2 Å². The third-order valence-electron chi connectivity index (χ3n) is 2.60. The van der Waals surface area contributed by atoms with E-state index in [-0.39, 0.29) is 5.43 Å². The summed E-state index contributed by atoms with van der Waals surface area (Å²) in [6, 6.07) is 10.5. The lowest BCUT2D eigenvalue weighted by Gasteiger charge is -2.09. The van der Waals surface area contributed by atoms with Crippen molar-refractivity contribution in [2.45, 2.75) is 13.0 Å². The number of aryl methyl sites for hydroxylation is 1.